The number of rotatable bonds is 5. The largest absolute Gasteiger partial charge is 0.481 e. The first-order valence-electron chi connectivity index (χ1n) is 9.30. The third kappa shape index (κ3) is 5.61. The summed E-state index contributed by atoms with van der Waals surface area (Å²) in [7, 11) is 0. The summed E-state index contributed by atoms with van der Waals surface area (Å²) in [4.78, 5) is 26.6. The summed E-state index contributed by atoms with van der Waals surface area (Å²) < 4.78 is 19.4. The van der Waals surface area contributed by atoms with E-state index in [-0.39, 0.29) is 17.5 Å². The van der Waals surface area contributed by atoms with Gasteiger partial charge >= 0.3 is 0 Å². The predicted octanol–water partition coefficient (Wildman–Crippen LogP) is 4.32. The minimum absolute atomic E-state index is 0.0215. The molecule has 3 rings (SSSR count). The number of amides is 2. The molecule has 1 saturated heterocycles. The number of benzene rings is 2. The van der Waals surface area contributed by atoms with Crippen LogP contribution in [-0.2, 0) is 4.79 Å². The Labute approximate surface area is 178 Å². The Morgan fingerprint density at radius 2 is 1.76 bits per heavy atom. The number of halogens is 3. The van der Waals surface area contributed by atoms with Crippen LogP contribution in [0.15, 0.2) is 42.5 Å². The van der Waals surface area contributed by atoms with Gasteiger partial charge in [-0.3, -0.25) is 9.59 Å². The lowest BCUT2D eigenvalue weighted by atomic mass is 10.0. The fourth-order valence-electron chi connectivity index (χ4n) is 3.26. The Morgan fingerprint density at radius 1 is 1.14 bits per heavy atom. The third-order valence-electron chi connectivity index (χ3n) is 4.76. The summed E-state index contributed by atoms with van der Waals surface area (Å²) in [6, 6.07) is 10.5. The molecule has 1 heterocycles. The standard InChI is InChI=1S/C21H21Cl2FN2O3/c1-13(29-17-11-14(22)10-15(23)12-17)21(28)26-8-6-16(7-9-26)25-20(27)18-4-2-3-5-19(18)24/h2-5,10-13,16H,6-9H2,1H3,(H,25,27). The number of carbonyl (C=O) groups is 2. The van der Waals surface area contributed by atoms with E-state index in [1.807, 2.05) is 0 Å². The summed E-state index contributed by atoms with van der Waals surface area (Å²) in [6.45, 7) is 2.62. The highest BCUT2D eigenvalue weighted by Crippen LogP contribution is 2.25. The van der Waals surface area contributed by atoms with E-state index in [0.29, 0.717) is 41.7 Å². The van der Waals surface area contributed by atoms with Crippen LogP contribution in [0.2, 0.25) is 10.0 Å². The van der Waals surface area contributed by atoms with Gasteiger partial charge in [-0.15, -0.1) is 0 Å². The zero-order valence-corrected chi connectivity index (χ0v) is 17.3. The van der Waals surface area contributed by atoms with Crippen molar-refractivity contribution in [3.8, 4) is 5.75 Å². The van der Waals surface area contributed by atoms with Crippen LogP contribution in [0.5, 0.6) is 5.75 Å². The zero-order chi connectivity index (χ0) is 21.0. The smallest absolute Gasteiger partial charge is 0.263 e. The van der Waals surface area contributed by atoms with E-state index < -0.39 is 17.8 Å². The van der Waals surface area contributed by atoms with Crippen LogP contribution in [0.25, 0.3) is 0 Å². The molecule has 154 valence electrons. The molecule has 2 aromatic rings. The summed E-state index contributed by atoms with van der Waals surface area (Å²) in [5.41, 5.74) is 0.0215. The van der Waals surface area contributed by atoms with E-state index in [4.69, 9.17) is 27.9 Å². The molecule has 1 aliphatic rings. The van der Waals surface area contributed by atoms with Gasteiger partial charge in [0.25, 0.3) is 11.8 Å². The molecule has 0 bridgehead atoms. The minimum atomic E-state index is -0.700. The van der Waals surface area contributed by atoms with Gasteiger partial charge < -0.3 is 15.0 Å². The molecule has 0 aliphatic carbocycles. The molecule has 2 aromatic carbocycles. The highest BCUT2D eigenvalue weighted by atomic mass is 35.5. The molecule has 29 heavy (non-hydrogen) atoms. The fraction of sp³-hybridized carbons (Fsp3) is 0.333. The number of piperidine rings is 1. The van der Waals surface area contributed by atoms with Crippen molar-refractivity contribution >= 4 is 35.0 Å². The molecule has 1 unspecified atom stereocenters. The van der Waals surface area contributed by atoms with Crippen molar-refractivity contribution in [1.82, 2.24) is 10.2 Å². The van der Waals surface area contributed by atoms with Gasteiger partial charge in [0.15, 0.2) is 6.10 Å². The molecule has 2 amide bonds. The molecule has 1 atom stereocenters. The highest BCUT2D eigenvalue weighted by molar-refractivity contribution is 6.34. The quantitative estimate of drug-likeness (QED) is 0.755. The minimum Gasteiger partial charge on any atom is -0.481 e. The van der Waals surface area contributed by atoms with Crippen molar-refractivity contribution in [1.29, 1.82) is 0 Å². The molecule has 1 N–H and O–H groups in total. The Bertz CT molecular complexity index is 881. The van der Waals surface area contributed by atoms with Crippen molar-refractivity contribution in [2.75, 3.05) is 13.1 Å². The predicted molar refractivity (Wildman–Crippen MR) is 110 cm³/mol. The SMILES string of the molecule is CC(Oc1cc(Cl)cc(Cl)c1)C(=O)N1CCC(NC(=O)c2ccccc2F)CC1. The summed E-state index contributed by atoms with van der Waals surface area (Å²) in [5, 5.41) is 3.70. The van der Waals surface area contributed by atoms with E-state index in [2.05, 4.69) is 5.32 Å². The van der Waals surface area contributed by atoms with Crippen LogP contribution in [0.1, 0.15) is 30.1 Å². The van der Waals surface area contributed by atoms with Gasteiger partial charge in [0, 0.05) is 29.2 Å². The first-order chi connectivity index (χ1) is 13.8. The Kier molecular flexibility index (Phi) is 6.98. The summed E-state index contributed by atoms with van der Waals surface area (Å²) >= 11 is 11.9. The van der Waals surface area contributed by atoms with Crippen LogP contribution in [-0.4, -0.2) is 41.9 Å². The number of nitrogens with one attached hydrogen (secondary N) is 1. The topological polar surface area (TPSA) is 58.6 Å². The van der Waals surface area contributed by atoms with Crippen LogP contribution < -0.4 is 10.1 Å². The average molecular weight is 439 g/mol. The molecule has 0 aromatic heterocycles. The second kappa shape index (κ2) is 9.46. The third-order valence-corrected chi connectivity index (χ3v) is 5.19. The molecule has 0 saturated carbocycles. The van der Waals surface area contributed by atoms with Gasteiger partial charge in [-0.05, 0) is 50.1 Å². The molecule has 1 aliphatic heterocycles. The van der Waals surface area contributed by atoms with Gasteiger partial charge in [-0.25, -0.2) is 4.39 Å². The van der Waals surface area contributed by atoms with Crippen molar-refractivity contribution < 1.29 is 18.7 Å². The Hall–Kier alpha value is -2.31. The maximum Gasteiger partial charge on any atom is 0.263 e. The number of ether oxygens (including phenoxy) is 1. The normalized spacial score (nSPS) is 15.7. The second-order valence-corrected chi connectivity index (χ2v) is 7.79. The average Bonchev–Trinajstić information content (AvgIpc) is 2.67. The molecule has 5 nitrogen and oxygen atoms in total. The number of likely N-dealkylation sites (tertiary alicyclic amines) is 1. The summed E-state index contributed by atoms with van der Waals surface area (Å²) in [6.07, 6.45) is 0.470. The maximum absolute atomic E-state index is 13.7. The lowest BCUT2D eigenvalue weighted by Gasteiger charge is -2.33. The van der Waals surface area contributed by atoms with Crippen LogP contribution in [0.3, 0.4) is 0 Å². The lowest BCUT2D eigenvalue weighted by molar-refractivity contribution is -0.139. The molecular formula is C21H21Cl2FN2O3. The summed E-state index contributed by atoms with van der Waals surface area (Å²) in [5.74, 6) is -0.720. The van der Waals surface area contributed by atoms with Crippen molar-refractivity contribution in [2.24, 2.45) is 0 Å². The lowest BCUT2D eigenvalue weighted by Crippen LogP contribution is -2.49. The highest BCUT2D eigenvalue weighted by Gasteiger charge is 2.28. The van der Waals surface area contributed by atoms with E-state index in [1.165, 1.54) is 18.2 Å². The number of hydrogen-bond acceptors (Lipinski definition) is 3. The van der Waals surface area contributed by atoms with Crippen molar-refractivity contribution in [3.05, 3.63) is 63.9 Å². The van der Waals surface area contributed by atoms with Gasteiger partial charge in [0.05, 0.1) is 5.56 Å². The molecule has 0 spiro atoms. The van der Waals surface area contributed by atoms with Gasteiger partial charge in [-0.1, -0.05) is 35.3 Å². The van der Waals surface area contributed by atoms with E-state index in [0.717, 1.165) is 0 Å². The number of carbonyl (C=O) groups excluding carboxylic acids is 2. The molecule has 0 radical (unpaired) electrons. The van der Waals surface area contributed by atoms with E-state index in [1.54, 1.807) is 36.1 Å². The van der Waals surface area contributed by atoms with E-state index in [9.17, 15) is 14.0 Å². The Morgan fingerprint density at radius 3 is 2.38 bits per heavy atom. The maximum atomic E-state index is 13.7. The van der Waals surface area contributed by atoms with Gasteiger partial charge in [0.1, 0.15) is 11.6 Å². The van der Waals surface area contributed by atoms with Crippen LogP contribution >= 0.6 is 23.2 Å². The monoisotopic (exact) mass is 438 g/mol. The first-order valence-corrected chi connectivity index (χ1v) is 10.1. The molecule has 1 fully saturated rings. The second-order valence-electron chi connectivity index (χ2n) is 6.92. The van der Waals surface area contributed by atoms with Crippen LogP contribution in [0, 0.1) is 5.82 Å². The van der Waals surface area contributed by atoms with Gasteiger partial charge in [-0.2, -0.15) is 0 Å². The van der Waals surface area contributed by atoms with Crippen molar-refractivity contribution in [2.45, 2.75) is 31.9 Å². The first kappa shape index (κ1) is 21.4. The fourth-order valence-corrected chi connectivity index (χ4v) is 3.77. The van der Waals surface area contributed by atoms with E-state index >= 15 is 0 Å². The number of hydrogen-bond donors (Lipinski definition) is 1. The Balaban J connectivity index is 1.51. The van der Waals surface area contributed by atoms with Crippen molar-refractivity contribution in [3.63, 3.8) is 0 Å². The molecular weight excluding hydrogens is 418 g/mol. The van der Waals surface area contributed by atoms with Gasteiger partial charge in [0.2, 0.25) is 0 Å². The molecule has 8 heteroatoms. The number of nitrogens with zero attached hydrogens (tertiary/aromatic N) is 1. The zero-order valence-electron chi connectivity index (χ0n) is 15.8. The van der Waals surface area contributed by atoms with Crippen LogP contribution in [0.4, 0.5) is 4.39 Å².